The Kier molecular flexibility index (Phi) is 7.98. The van der Waals surface area contributed by atoms with Gasteiger partial charge in [-0.05, 0) is 56.2 Å². The largest absolute Gasteiger partial charge is 0.493 e. The molecule has 1 aliphatic heterocycles. The SMILES string of the molecule is COc1ccccc1Oc1c(CN(CC2CCCO2)C(=O)C(C)C)c(C)nn1-c1ccc(Cl)cc1. The van der Waals surface area contributed by atoms with Gasteiger partial charge in [0, 0.05) is 24.1 Å². The maximum atomic E-state index is 13.2. The van der Waals surface area contributed by atoms with E-state index in [0.29, 0.717) is 35.5 Å². The van der Waals surface area contributed by atoms with E-state index in [2.05, 4.69) is 0 Å². The highest BCUT2D eigenvalue weighted by atomic mass is 35.5. The first kappa shape index (κ1) is 25.1. The Labute approximate surface area is 211 Å². The molecular formula is C27H32ClN3O4. The normalized spacial score (nSPS) is 15.4. The number of hydrogen-bond donors (Lipinski definition) is 0. The molecule has 3 aromatic rings. The molecule has 1 aliphatic rings. The summed E-state index contributed by atoms with van der Waals surface area (Å²) in [5, 5.41) is 5.42. The van der Waals surface area contributed by atoms with E-state index in [-0.39, 0.29) is 17.9 Å². The zero-order chi connectivity index (χ0) is 24.9. The number of methoxy groups -OCH3 is 1. The zero-order valence-electron chi connectivity index (χ0n) is 20.7. The van der Waals surface area contributed by atoms with Crippen molar-refractivity contribution in [1.29, 1.82) is 0 Å². The van der Waals surface area contributed by atoms with Gasteiger partial charge in [-0.3, -0.25) is 4.79 Å². The number of ether oxygens (including phenoxy) is 3. The van der Waals surface area contributed by atoms with Gasteiger partial charge in [-0.25, -0.2) is 4.68 Å². The van der Waals surface area contributed by atoms with Gasteiger partial charge in [-0.2, -0.15) is 5.10 Å². The lowest BCUT2D eigenvalue weighted by molar-refractivity contribution is -0.136. The standard InChI is InChI=1S/C27H32ClN3O4/c1-18(2)26(32)30(16-22-8-7-15-34-22)17-23-19(3)29-31(21-13-11-20(28)12-14-21)27(23)35-25-10-6-5-9-24(25)33-4/h5-6,9-14,18,22H,7-8,15-17H2,1-4H3. The number of amides is 1. The van der Waals surface area contributed by atoms with Gasteiger partial charge in [0.25, 0.3) is 0 Å². The molecule has 0 N–H and O–H groups in total. The van der Waals surface area contributed by atoms with E-state index < -0.39 is 0 Å². The molecule has 8 heteroatoms. The number of carbonyl (C=O) groups is 1. The minimum Gasteiger partial charge on any atom is -0.493 e. The van der Waals surface area contributed by atoms with Gasteiger partial charge in [0.2, 0.25) is 11.8 Å². The van der Waals surface area contributed by atoms with Crippen LogP contribution in [0.5, 0.6) is 17.4 Å². The minimum atomic E-state index is -0.137. The Morgan fingerprint density at radius 3 is 2.54 bits per heavy atom. The summed E-state index contributed by atoms with van der Waals surface area (Å²) in [4.78, 5) is 15.1. The lowest BCUT2D eigenvalue weighted by Crippen LogP contribution is -2.39. The summed E-state index contributed by atoms with van der Waals surface area (Å²) in [5.74, 6) is 1.63. The highest BCUT2D eigenvalue weighted by Crippen LogP contribution is 2.36. The van der Waals surface area contributed by atoms with Crippen molar-refractivity contribution < 1.29 is 19.0 Å². The number of benzene rings is 2. The molecule has 7 nitrogen and oxygen atoms in total. The predicted molar refractivity (Wildman–Crippen MR) is 136 cm³/mol. The second-order valence-corrected chi connectivity index (χ2v) is 9.46. The summed E-state index contributed by atoms with van der Waals surface area (Å²) in [6.07, 6.45) is 2.02. The van der Waals surface area contributed by atoms with Crippen molar-refractivity contribution in [3.8, 4) is 23.1 Å². The van der Waals surface area contributed by atoms with Crippen LogP contribution in [-0.2, 0) is 16.1 Å². The number of halogens is 1. The summed E-state index contributed by atoms with van der Waals surface area (Å²) in [6, 6.07) is 14.9. The number of rotatable bonds is 9. The average Bonchev–Trinajstić information content (AvgIpc) is 3.47. The molecule has 1 unspecified atom stereocenters. The van der Waals surface area contributed by atoms with Crippen molar-refractivity contribution >= 4 is 17.5 Å². The first-order valence-corrected chi connectivity index (χ1v) is 12.3. The molecule has 1 saturated heterocycles. The summed E-state index contributed by atoms with van der Waals surface area (Å²) in [7, 11) is 1.61. The summed E-state index contributed by atoms with van der Waals surface area (Å²) >= 11 is 6.13. The fourth-order valence-electron chi connectivity index (χ4n) is 4.21. The molecule has 0 bridgehead atoms. The van der Waals surface area contributed by atoms with E-state index in [1.54, 1.807) is 11.8 Å². The number of aromatic nitrogens is 2. The Morgan fingerprint density at radius 2 is 1.91 bits per heavy atom. The van der Waals surface area contributed by atoms with Crippen molar-refractivity contribution in [2.24, 2.45) is 5.92 Å². The van der Waals surface area contributed by atoms with Gasteiger partial charge in [-0.15, -0.1) is 0 Å². The van der Waals surface area contributed by atoms with Crippen molar-refractivity contribution in [1.82, 2.24) is 14.7 Å². The molecule has 4 rings (SSSR count). The second kappa shape index (κ2) is 11.1. The monoisotopic (exact) mass is 497 g/mol. The Balaban J connectivity index is 1.76. The number of carbonyl (C=O) groups excluding carboxylic acids is 1. The van der Waals surface area contributed by atoms with Crippen molar-refractivity contribution in [2.45, 2.75) is 46.3 Å². The molecule has 186 valence electrons. The van der Waals surface area contributed by atoms with Crippen LogP contribution in [0.1, 0.15) is 37.9 Å². The molecule has 1 atom stereocenters. The highest BCUT2D eigenvalue weighted by molar-refractivity contribution is 6.30. The zero-order valence-corrected chi connectivity index (χ0v) is 21.4. The second-order valence-electron chi connectivity index (χ2n) is 9.02. The smallest absolute Gasteiger partial charge is 0.228 e. The number of aryl methyl sites for hydroxylation is 1. The van der Waals surface area contributed by atoms with E-state index in [1.165, 1.54) is 0 Å². The number of nitrogens with zero attached hydrogens (tertiary/aromatic N) is 3. The molecule has 2 heterocycles. The highest BCUT2D eigenvalue weighted by Gasteiger charge is 2.28. The Morgan fingerprint density at radius 1 is 1.20 bits per heavy atom. The molecule has 1 amide bonds. The lowest BCUT2D eigenvalue weighted by Gasteiger charge is -2.27. The third kappa shape index (κ3) is 5.80. The van der Waals surface area contributed by atoms with Crippen LogP contribution >= 0.6 is 11.6 Å². The molecule has 0 spiro atoms. The maximum absolute atomic E-state index is 13.2. The minimum absolute atomic E-state index is 0.0444. The predicted octanol–water partition coefficient (Wildman–Crippen LogP) is 5.80. The molecule has 0 aliphatic carbocycles. The van der Waals surface area contributed by atoms with Gasteiger partial charge >= 0.3 is 0 Å². The van der Waals surface area contributed by atoms with E-state index in [4.69, 9.17) is 30.9 Å². The topological polar surface area (TPSA) is 65.8 Å². The van der Waals surface area contributed by atoms with Gasteiger partial charge < -0.3 is 19.1 Å². The summed E-state index contributed by atoms with van der Waals surface area (Å²) in [6.45, 7) is 7.41. The van der Waals surface area contributed by atoms with Gasteiger partial charge in [0.1, 0.15) is 0 Å². The molecule has 1 fully saturated rings. The van der Waals surface area contributed by atoms with Crippen LogP contribution in [-0.4, -0.2) is 47.0 Å². The maximum Gasteiger partial charge on any atom is 0.228 e. The van der Waals surface area contributed by atoms with E-state index >= 15 is 0 Å². The summed E-state index contributed by atoms with van der Waals surface area (Å²) in [5.41, 5.74) is 2.41. The molecule has 0 radical (unpaired) electrons. The third-order valence-electron chi connectivity index (χ3n) is 6.09. The number of hydrogen-bond acceptors (Lipinski definition) is 5. The van der Waals surface area contributed by atoms with Crippen molar-refractivity contribution in [3.05, 3.63) is 64.8 Å². The van der Waals surface area contributed by atoms with E-state index in [1.807, 2.05) is 74.2 Å². The van der Waals surface area contributed by atoms with E-state index in [0.717, 1.165) is 36.4 Å². The molecule has 35 heavy (non-hydrogen) atoms. The van der Waals surface area contributed by atoms with Gasteiger partial charge in [-0.1, -0.05) is 37.6 Å². The fourth-order valence-corrected chi connectivity index (χ4v) is 4.34. The quantitative estimate of drug-likeness (QED) is 0.374. The first-order valence-electron chi connectivity index (χ1n) is 11.9. The average molecular weight is 498 g/mol. The van der Waals surface area contributed by atoms with Gasteiger partial charge in [0.15, 0.2) is 11.5 Å². The van der Waals surface area contributed by atoms with Crippen LogP contribution in [0, 0.1) is 12.8 Å². The lowest BCUT2D eigenvalue weighted by atomic mass is 10.1. The van der Waals surface area contributed by atoms with Crippen LogP contribution in [0.15, 0.2) is 48.5 Å². The van der Waals surface area contributed by atoms with Crippen LogP contribution < -0.4 is 9.47 Å². The van der Waals surface area contributed by atoms with Crippen LogP contribution in [0.4, 0.5) is 0 Å². The Bertz CT molecular complexity index is 1150. The van der Waals surface area contributed by atoms with Crippen LogP contribution in [0.2, 0.25) is 5.02 Å². The molecule has 2 aromatic carbocycles. The van der Waals surface area contributed by atoms with Crippen molar-refractivity contribution in [3.63, 3.8) is 0 Å². The van der Waals surface area contributed by atoms with Gasteiger partial charge in [0.05, 0.1) is 36.7 Å². The van der Waals surface area contributed by atoms with Crippen molar-refractivity contribution in [2.75, 3.05) is 20.3 Å². The number of para-hydroxylation sites is 2. The first-order chi connectivity index (χ1) is 16.9. The summed E-state index contributed by atoms with van der Waals surface area (Å²) < 4.78 is 19.6. The van der Waals surface area contributed by atoms with Crippen LogP contribution in [0.3, 0.4) is 0 Å². The third-order valence-corrected chi connectivity index (χ3v) is 6.34. The molecule has 1 aromatic heterocycles. The molecule has 0 saturated carbocycles. The molecular weight excluding hydrogens is 466 g/mol. The fraction of sp³-hybridized carbons (Fsp3) is 0.407. The van der Waals surface area contributed by atoms with Crippen LogP contribution in [0.25, 0.3) is 5.69 Å². The van der Waals surface area contributed by atoms with E-state index in [9.17, 15) is 4.79 Å². The Hall–Kier alpha value is -3.03.